The van der Waals surface area contributed by atoms with E-state index in [0.29, 0.717) is 24.2 Å². The maximum absolute atomic E-state index is 12.3. The Bertz CT molecular complexity index is 836. The van der Waals surface area contributed by atoms with Crippen molar-refractivity contribution in [2.24, 2.45) is 7.05 Å². The number of carbonyl (C=O) groups excluding carboxylic acids is 1. The van der Waals surface area contributed by atoms with Crippen molar-refractivity contribution in [2.45, 2.75) is 25.9 Å². The van der Waals surface area contributed by atoms with Gasteiger partial charge in [0.25, 0.3) is 5.91 Å². The summed E-state index contributed by atoms with van der Waals surface area (Å²) in [7, 11) is -1.18. The molecule has 124 valence electrons. The number of hydrogen-bond acceptors (Lipinski definition) is 5. The molecule has 0 radical (unpaired) electrons. The fourth-order valence-corrected chi connectivity index (χ4v) is 4.52. The van der Waals surface area contributed by atoms with Gasteiger partial charge in [0.05, 0.1) is 41.5 Å². The molecule has 3 heterocycles. The molecule has 0 spiro atoms. The molecule has 0 saturated carbocycles. The first-order chi connectivity index (χ1) is 10.9. The zero-order valence-corrected chi connectivity index (χ0v) is 13.9. The van der Waals surface area contributed by atoms with E-state index < -0.39 is 9.84 Å². The van der Waals surface area contributed by atoms with Crippen LogP contribution in [0.3, 0.4) is 0 Å². The zero-order chi connectivity index (χ0) is 16.6. The van der Waals surface area contributed by atoms with Gasteiger partial charge in [-0.3, -0.25) is 14.2 Å². The Labute approximate surface area is 134 Å². The second kappa shape index (κ2) is 5.80. The maximum atomic E-state index is 12.3. The molecule has 1 saturated heterocycles. The van der Waals surface area contributed by atoms with Crippen molar-refractivity contribution in [3.05, 3.63) is 35.4 Å². The van der Waals surface area contributed by atoms with E-state index in [1.165, 1.54) is 6.20 Å². The third kappa shape index (κ3) is 3.14. The average molecular weight is 337 g/mol. The third-order valence-electron chi connectivity index (χ3n) is 4.20. The summed E-state index contributed by atoms with van der Waals surface area (Å²) in [6, 6.07) is 1.65. The van der Waals surface area contributed by atoms with Crippen molar-refractivity contribution in [3.63, 3.8) is 0 Å². The molecule has 0 unspecified atom stereocenters. The van der Waals surface area contributed by atoms with Crippen molar-refractivity contribution < 1.29 is 13.2 Å². The van der Waals surface area contributed by atoms with Crippen molar-refractivity contribution in [1.82, 2.24) is 24.9 Å². The summed E-state index contributed by atoms with van der Waals surface area (Å²) in [5.74, 6) is 0.0423. The van der Waals surface area contributed by atoms with E-state index in [-0.39, 0.29) is 23.5 Å². The zero-order valence-electron chi connectivity index (χ0n) is 13.1. The van der Waals surface area contributed by atoms with Crippen LogP contribution < -0.4 is 5.32 Å². The number of amides is 1. The molecule has 2 aromatic rings. The van der Waals surface area contributed by atoms with Gasteiger partial charge >= 0.3 is 0 Å². The monoisotopic (exact) mass is 337 g/mol. The lowest BCUT2D eigenvalue weighted by atomic mass is 10.2. The van der Waals surface area contributed by atoms with Crippen LogP contribution in [-0.2, 0) is 23.4 Å². The van der Waals surface area contributed by atoms with E-state index in [0.717, 1.165) is 5.69 Å². The molecule has 2 aromatic heterocycles. The third-order valence-corrected chi connectivity index (χ3v) is 5.95. The number of rotatable bonds is 4. The van der Waals surface area contributed by atoms with Gasteiger partial charge in [0.2, 0.25) is 0 Å². The van der Waals surface area contributed by atoms with Gasteiger partial charge in [-0.15, -0.1) is 0 Å². The van der Waals surface area contributed by atoms with E-state index in [1.807, 2.05) is 13.1 Å². The summed E-state index contributed by atoms with van der Waals surface area (Å²) in [6.45, 7) is 2.16. The van der Waals surface area contributed by atoms with Crippen LogP contribution in [0.5, 0.6) is 0 Å². The number of sulfone groups is 1. The number of aromatic nitrogens is 4. The topological polar surface area (TPSA) is 98.9 Å². The summed E-state index contributed by atoms with van der Waals surface area (Å²) in [4.78, 5) is 12.3. The lowest BCUT2D eigenvalue weighted by molar-refractivity contribution is 0.0949. The lowest BCUT2D eigenvalue weighted by Gasteiger charge is -2.11. The minimum Gasteiger partial charge on any atom is -0.346 e. The van der Waals surface area contributed by atoms with Gasteiger partial charge in [-0.25, -0.2) is 8.42 Å². The van der Waals surface area contributed by atoms with Crippen LogP contribution >= 0.6 is 0 Å². The summed E-state index contributed by atoms with van der Waals surface area (Å²) >= 11 is 0. The molecule has 0 bridgehead atoms. The van der Waals surface area contributed by atoms with Crippen LogP contribution in [0.15, 0.2) is 18.5 Å². The van der Waals surface area contributed by atoms with E-state index in [2.05, 4.69) is 15.5 Å². The van der Waals surface area contributed by atoms with E-state index in [1.54, 1.807) is 22.5 Å². The normalized spacial score (nSPS) is 19.8. The molecule has 1 aliphatic rings. The number of nitrogens with one attached hydrogen (secondary N) is 1. The molecule has 23 heavy (non-hydrogen) atoms. The van der Waals surface area contributed by atoms with Crippen molar-refractivity contribution in [1.29, 1.82) is 0 Å². The first-order valence-electron chi connectivity index (χ1n) is 7.37. The van der Waals surface area contributed by atoms with Gasteiger partial charge in [0, 0.05) is 18.9 Å². The number of carbonyl (C=O) groups is 1. The minimum atomic E-state index is -2.99. The largest absolute Gasteiger partial charge is 0.346 e. The predicted molar refractivity (Wildman–Crippen MR) is 83.7 cm³/mol. The fourth-order valence-electron chi connectivity index (χ4n) is 2.82. The quantitative estimate of drug-likeness (QED) is 0.860. The smallest absolute Gasteiger partial charge is 0.255 e. The fraction of sp³-hybridized carbons (Fsp3) is 0.500. The highest BCUT2D eigenvalue weighted by Crippen LogP contribution is 2.25. The number of aryl methyl sites for hydroxylation is 1. The first kappa shape index (κ1) is 15.7. The van der Waals surface area contributed by atoms with Crippen LogP contribution in [0.4, 0.5) is 0 Å². The summed E-state index contributed by atoms with van der Waals surface area (Å²) in [6.07, 6.45) is 3.71. The van der Waals surface area contributed by atoms with Gasteiger partial charge < -0.3 is 5.32 Å². The van der Waals surface area contributed by atoms with Crippen molar-refractivity contribution in [2.75, 3.05) is 11.5 Å². The molecular formula is C14H19N5O3S. The predicted octanol–water partition coefficient (Wildman–Crippen LogP) is 0.215. The number of nitrogens with zero attached hydrogens (tertiary/aromatic N) is 4. The van der Waals surface area contributed by atoms with Crippen molar-refractivity contribution >= 4 is 15.7 Å². The SMILES string of the molecule is Cc1c(C(=O)NCc2ccnn2C)cnn1[C@H]1CCS(=O)(=O)C1. The van der Waals surface area contributed by atoms with Gasteiger partial charge in [0.1, 0.15) is 0 Å². The Morgan fingerprint density at radius 2 is 2.22 bits per heavy atom. The highest BCUT2D eigenvalue weighted by molar-refractivity contribution is 7.91. The standard InChI is InChI=1S/C14H19N5O3S/c1-10-13(14(20)15-7-11-3-5-16-18(11)2)8-17-19(10)12-4-6-23(21,22)9-12/h3,5,8,12H,4,6-7,9H2,1-2H3,(H,15,20)/t12-/m0/s1. The van der Waals surface area contributed by atoms with Crippen molar-refractivity contribution in [3.8, 4) is 0 Å². The van der Waals surface area contributed by atoms with Crippen LogP contribution in [0.25, 0.3) is 0 Å². The molecule has 0 aromatic carbocycles. The molecule has 1 atom stereocenters. The Hall–Kier alpha value is -2.16. The highest BCUT2D eigenvalue weighted by Gasteiger charge is 2.31. The Morgan fingerprint density at radius 1 is 1.43 bits per heavy atom. The molecule has 1 fully saturated rings. The van der Waals surface area contributed by atoms with Gasteiger partial charge in [0.15, 0.2) is 9.84 Å². The van der Waals surface area contributed by atoms with Crippen LogP contribution in [-0.4, -0.2) is 45.4 Å². The second-order valence-electron chi connectivity index (χ2n) is 5.77. The van der Waals surface area contributed by atoms with E-state index in [4.69, 9.17) is 0 Å². The Kier molecular flexibility index (Phi) is 3.97. The first-order valence-corrected chi connectivity index (χ1v) is 9.19. The molecular weight excluding hydrogens is 318 g/mol. The summed E-state index contributed by atoms with van der Waals surface area (Å²) in [5, 5.41) is 11.1. The molecule has 8 nitrogen and oxygen atoms in total. The Morgan fingerprint density at radius 3 is 2.83 bits per heavy atom. The summed E-state index contributed by atoms with van der Waals surface area (Å²) < 4.78 is 26.6. The Balaban J connectivity index is 1.71. The van der Waals surface area contributed by atoms with Gasteiger partial charge in [-0.2, -0.15) is 10.2 Å². The lowest BCUT2D eigenvalue weighted by Crippen LogP contribution is -2.24. The van der Waals surface area contributed by atoms with E-state index >= 15 is 0 Å². The second-order valence-corrected chi connectivity index (χ2v) is 8.00. The molecule has 0 aliphatic carbocycles. The summed E-state index contributed by atoms with van der Waals surface area (Å²) in [5.41, 5.74) is 2.05. The highest BCUT2D eigenvalue weighted by atomic mass is 32.2. The molecule has 9 heteroatoms. The van der Waals surface area contributed by atoms with Gasteiger partial charge in [-0.05, 0) is 19.4 Å². The molecule has 1 amide bonds. The number of hydrogen-bond donors (Lipinski definition) is 1. The average Bonchev–Trinajstić information content (AvgIpc) is 3.16. The van der Waals surface area contributed by atoms with Crippen LogP contribution in [0.1, 0.15) is 34.2 Å². The van der Waals surface area contributed by atoms with Crippen LogP contribution in [0.2, 0.25) is 0 Å². The van der Waals surface area contributed by atoms with Crippen LogP contribution in [0, 0.1) is 6.92 Å². The molecule has 1 aliphatic heterocycles. The van der Waals surface area contributed by atoms with Gasteiger partial charge in [-0.1, -0.05) is 0 Å². The van der Waals surface area contributed by atoms with E-state index in [9.17, 15) is 13.2 Å². The minimum absolute atomic E-state index is 0.0889. The molecule has 1 N–H and O–H groups in total. The maximum Gasteiger partial charge on any atom is 0.255 e. The molecule has 3 rings (SSSR count).